The van der Waals surface area contributed by atoms with E-state index in [2.05, 4.69) is 5.32 Å². The normalized spacial score (nSPS) is 15.4. The molecule has 0 aliphatic rings. The quantitative estimate of drug-likeness (QED) is 0.767. The minimum Gasteiger partial charge on any atom is -0.388 e. The standard InChI is InChI=1S/C16H25NO3/c1-4-10-16(3,19)12-17-15(18)13(2)20-11-14-8-6-5-7-9-14/h5-9,13,19H,4,10-12H2,1-3H3,(H,17,18). The summed E-state index contributed by atoms with van der Waals surface area (Å²) in [5, 5.41) is 12.7. The molecule has 2 unspecified atom stereocenters. The zero-order valence-electron chi connectivity index (χ0n) is 12.6. The van der Waals surface area contributed by atoms with Crippen LogP contribution in [-0.2, 0) is 16.1 Å². The van der Waals surface area contributed by atoms with Gasteiger partial charge in [-0.15, -0.1) is 0 Å². The molecule has 2 N–H and O–H groups in total. The van der Waals surface area contributed by atoms with E-state index in [9.17, 15) is 9.90 Å². The van der Waals surface area contributed by atoms with Gasteiger partial charge in [0, 0.05) is 6.54 Å². The van der Waals surface area contributed by atoms with Crippen molar-refractivity contribution in [2.24, 2.45) is 0 Å². The zero-order valence-corrected chi connectivity index (χ0v) is 12.6. The van der Waals surface area contributed by atoms with Crippen LogP contribution in [0.5, 0.6) is 0 Å². The Morgan fingerprint density at radius 2 is 2.05 bits per heavy atom. The summed E-state index contributed by atoms with van der Waals surface area (Å²) in [7, 11) is 0. The molecule has 0 fully saturated rings. The molecule has 0 bridgehead atoms. The first-order valence-corrected chi connectivity index (χ1v) is 7.10. The Morgan fingerprint density at radius 3 is 2.65 bits per heavy atom. The number of carbonyl (C=O) groups excluding carboxylic acids is 1. The second kappa shape index (κ2) is 8.02. The smallest absolute Gasteiger partial charge is 0.248 e. The Kier molecular flexibility index (Phi) is 6.68. The highest BCUT2D eigenvalue weighted by Gasteiger charge is 2.21. The van der Waals surface area contributed by atoms with Gasteiger partial charge >= 0.3 is 0 Å². The molecule has 0 radical (unpaired) electrons. The number of rotatable bonds is 8. The second-order valence-corrected chi connectivity index (χ2v) is 5.40. The highest BCUT2D eigenvalue weighted by atomic mass is 16.5. The maximum Gasteiger partial charge on any atom is 0.248 e. The van der Waals surface area contributed by atoms with E-state index in [1.54, 1.807) is 13.8 Å². The monoisotopic (exact) mass is 279 g/mol. The molecule has 0 aliphatic carbocycles. The van der Waals surface area contributed by atoms with Crippen molar-refractivity contribution in [1.82, 2.24) is 5.32 Å². The van der Waals surface area contributed by atoms with E-state index in [-0.39, 0.29) is 12.5 Å². The predicted octanol–water partition coefficient (Wildman–Crippen LogP) is 2.26. The van der Waals surface area contributed by atoms with Crippen molar-refractivity contribution in [3.8, 4) is 0 Å². The fourth-order valence-electron chi connectivity index (χ4n) is 1.92. The van der Waals surface area contributed by atoms with Crippen molar-refractivity contribution >= 4 is 5.91 Å². The van der Waals surface area contributed by atoms with Gasteiger partial charge in [0.15, 0.2) is 0 Å². The number of ether oxygens (including phenoxy) is 1. The van der Waals surface area contributed by atoms with Crippen LogP contribution < -0.4 is 5.32 Å². The lowest BCUT2D eigenvalue weighted by molar-refractivity contribution is -0.133. The minimum atomic E-state index is -0.858. The molecule has 0 aromatic heterocycles. The van der Waals surface area contributed by atoms with Gasteiger partial charge in [-0.2, -0.15) is 0 Å². The lowest BCUT2D eigenvalue weighted by atomic mass is 10.0. The third-order valence-electron chi connectivity index (χ3n) is 3.14. The van der Waals surface area contributed by atoms with E-state index in [4.69, 9.17) is 4.74 Å². The van der Waals surface area contributed by atoms with Crippen LogP contribution >= 0.6 is 0 Å². The van der Waals surface area contributed by atoms with Crippen LogP contribution in [0, 0.1) is 0 Å². The summed E-state index contributed by atoms with van der Waals surface area (Å²) in [4.78, 5) is 11.9. The van der Waals surface area contributed by atoms with Crippen LogP contribution in [0.1, 0.15) is 39.2 Å². The highest BCUT2D eigenvalue weighted by molar-refractivity contribution is 5.80. The topological polar surface area (TPSA) is 58.6 Å². The summed E-state index contributed by atoms with van der Waals surface area (Å²) < 4.78 is 5.52. The number of hydrogen-bond acceptors (Lipinski definition) is 3. The molecule has 4 heteroatoms. The number of amides is 1. The van der Waals surface area contributed by atoms with Crippen molar-refractivity contribution in [3.63, 3.8) is 0 Å². The van der Waals surface area contributed by atoms with Gasteiger partial charge in [-0.05, 0) is 25.8 Å². The molecule has 1 aromatic rings. The van der Waals surface area contributed by atoms with Crippen LogP contribution in [0.3, 0.4) is 0 Å². The van der Waals surface area contributed by atoms with Crippen LogP contribution in [0.15, 0.2) is 30.3 Å². The van der Waals surface area contributed by atoms with Crippen LogP contribution in [0.25, 0.3) is 0 Å². The Balaban J connectivity index is 2.32. The van der Waals surface area contributed by atoms with Gasteiger partial charge in [-0.1, -0.05) is 43.7 Å². The third-order valence-corrected chi connectivity index (χ3v) is 3.14. The Morgan fingerprint density at radius 1 is 1.40 bits per heavy atom. The van der Waals surface area contributed by atoms with E-state index in [0.29, 0.717) is 13.0 Å². The summed E-state index contributed by atoms with van der Waals surface area (Å²) in [5.74, 6) is -0.197. The van der Waals surface area contributed by atoms with Gasteiger partial charge < -0.3 is 15.2 Å². The molecular weight excluding hydrogens is 254 g/mol. The van der Waals surface area contributed by atoms with Crippen LogP contribution in [0.2, 0.25) is 0 Å². The molecule has 0 saturated heterocycles. The molecule has 20 heavy (non-hydrogen) atoms. The first kappa shape index (κ1) is 16.7. The highest BCUT2D eigenvalue weighted by Crippen LogP contribution is 2.10. The molecule has 2 atom stereocenters. The van der Waals surface area contributed by atoms with Crippen molar-refractivity contribution < 1.29 is 14.6 Å². The average molecular weight is 279 g/mol. The molecule has 0 spiro atoms. The summed E-state index contributed by atoms with van der Waals surface area (Å²) in [6.07, 6.45) is 1.00. The summed E-state index contributed by atoms with van der Waals surface area (Å²) in [5.41, 5.74) is 0.175. The minimum absolute atomic E-state index is 0.197. The summed E-state index contributed by atoms with van der Waals surface area (Å²) in [6.45, 7) is 6.10. The first-order chi connectivity index (χ1) is 9.44. The van der Waals surface area contributed by atoms with Crippen LogP contribution in [-0.4, -0.2) is 29.3 Å². The Hall–Kier alpha value is -1.39. The van der Waals surface area contributed by atoms with Gasteiger partial charge in [0.2, 0.25) is 5.91 Å². The van der Waals surface area contributed by atoms with Gasteiger partial charge in [0.05, 0.1) is 12.2 Å². The van der Waals surface area contributed by atoms with Crippen molar-refractivity contribution in [3.05, 3.63) is 35.9 Å². The van der Waals surface area contributed by atoms with E-state index in [1.165, 1.54) is 0 Å². The molecule has 112 valence electrons. The second-order valence-electron chi connectivity index (χ2n) is 5.40. The van der Waals surface area contributed by atoms with Crippen LogP contribution in [0.4, 0.5) is 0 Å². The molecule has 0 saturated carbocycles. The fraction of sp³-hybridized carbons (Fsp3) is 0.562. The number of hydrogen-bond donors (Lipinski definition) is 2. The summed E-state index contributed by atoms with van der Waals surface area (Å²) >= 11 is 0. The van der Waals surface area contributed by atoms with Crippen molar-refractivity contribution in [2.45, 2.75) is 51.9 Å². The molecule has 1 aromatic carbocycles. The molecule has 1 amide bonds. The number of aliphatic hydroxyl groups is 1. The number of benzene rings is 1. The molecule has 4 nitrogen and oxygen atoms in total. The molecule has 0 aliphatic heterocycles. The average Bonchev–Trinajstić information content (AvgIpc) is 2.43. The molecular formula is C16H25NO3. The van der Waals surface area contributed by atoms with E-state index in [0.717, 1.165) is 12.0 Å². The van der Waals surface area contributed by atoms with Gasteiger partial charge in [0.1, 0.15) is 6.10 Å². The summed E-state index contributed by atoms with van der Waals surface area (Å²) in [6, 6.07) is 9.72. The first-order valence-electron chi connectivity index (χ1n) is 7.10. The van der Waals surface area contributed by atoms with Crippen molar-refractivity contribution in [2.75, 3.05) is 6.54 Å². The van der Waals surface area contributed by atoms with Gasteiger partial charge in [0.25, 0.3) is 0 Å². The van der Waals surface area contributed by atoms with E-state index < -0.39 is 11.7 Å². The van der Waals surface area contributed by atoms with Crippen molar-refractivity contribution in [1.29, 1.82) is 0 Å². The largest absolute Gasteiger partial charge is 0.388 e. The zero-order chi connectivity index (χ0) is 15.0. The van der Waals surface area contributed by atoms with E-state index >= 15 is 0 Å². The predicted molar refractivity (Wildman–Crippen MR) is 79.2 cm³/mol. The van der Waals surface area contributed by atoms with Gasteiger partial charge in [-0.3, -0.25) is 4.79 Å². The molecule has 1 rings (SSSR count). The molecule has 0 heterocycles. The van der Waals surface area contributed by atoms with Gasteiger partial charge in [-0.25, -0.2) is 0 Å². The SMILES string of the molecule is CCCC(C)(O)CNC(=O)C(C)OCc1ccccc1. The maximum absolute atomic E-state index is 11.9. The number of nitrogens with one attached hydrogen (secondary N) is 1. The van der Waals surface area contributed by atoms with E-state index in [1.807, 2.05) is 37.3 Å². The lowest BCUT2D eigenvalue weighted by Crippen LogP contribution is -2.44. The Labute approximate surface area is 121 Å². The number of carbonyl (C=O) groups is 1. The fourth-order valence-corrected chi connectivity index (χ4v) is 1.92. The third kappa shape index (κ3) is 6.17. The Bertz CT molecular complexity index is 403. The maximum atomic E-state index is 11.9. The lowest BCUT2D eigenvalue weighted by Gasteiger charge is -2.24.